The molecule has 1 N–H and O–H groups in total. The summed E-state index contributed by atoms with van der Waals surface area (Å²) in [5, 5.41) is 8.46. The summed E-state index contributed by atoms with van der Waals surface area (Å²) in [6.07, 6.45) is 6.06. The Balaban J connectivity index is 3.10. The van der Waals surface area contributed by atoms with Gasteiger partial charge in [-0.25, -0.2) is 0 Å². The second-order valence-corrected chi connectivity index (χ2v) is 7.82. The maximum atomic E-state index is 11.6. The second kappa shape index (κ2) is 29.9. The molecule has 0 radical (unpaired) electrons. The van der Waals surface area contributed by atoms with Crippen LogP contribution in [0.2, 0.25) is 0 Å². The molecule has 0 fully saturated rings. The Kier molecular flexibility index (Phi) is 28.8. The summed E-state index contributed by atoms with van der Waals surface area (Å²) in [7, 11) is 0. The highest BCUT2D eigenvalue weighted by Crippen LogP contribution is 2.05. The van der Waals surface area contributed by atoms with E-state index in [4.69, 9.17) is 43.0 Å². The number of carboxylic acid groups (broad SMARTS) is 1. The Bertz CT molecular complexity index is 477. The van der Waals surface area contributed by atoms with Crippen molar-refractivity contribution in [2.45, 2.75) is 51.9 Å². The van der Waals surface area contributed by atoms with Gasteiger partial charge in [0.25, 0.3) is 0 Å². The van der Waals surface area contributed by atoms with E-state index in [-0.39, 0.29) is 25.6 Å². The van der Waals surface area contributed by atoms with Gasteiger partial charge in [-0.3, -0.25) is 9.59 Å². The third-order valence-electron chi connectivity index (χ3n) is 4.67. The maximum Gasteiger partial charge on any atom is 0.305 e. The van der Waals surface area contributed by atoms with E-state index in [0.717, 1.165) is 12.8 Å². The van der Waals surface area contributed by atoms with Gasteiger partial charge in [-0.15, -0.1) is 0 Å². The molecule has 0 aromatic rings. The lowest BCUT2D eigenvalue weighted by Gasteiger charge is -2.08. The smallest absolute Gasteiger partial charge is 0.305 e. The van der Waals surface area contributed by atoms with Crippen molar-refractivity contribution >= 4 is 11.9 Å². The quantitative estimate of drug-likeness (QED) is 0.110. The van der Waals surface area contributed by atoms with E-state index in [1.54, 1.807) is 0 Å². The molecule has 214 valence electrons. The van der Waals surface area contributed by atoms with Crippen LogP contribution in [-0.4, -0.2) is 116 Å². The van der Waals surface area contributed by atoms with Gasteiger partial charge in [0.15, 0.2) is 0 Å². The van der Waals surface area contributed by atoms with Gasteiger partial charge in [0.1, 0.15) is 6.61 Å². The summed E-state index contributed by atoms with van der Waals surface area (Å²) < 4.78 is 42.5. The first-order valence-electron chi connectivity index (χ1n) is 13.1. The largest absolute Gasteiger partial charge is 0.481 e. The van der Waals surface area contributed by atoms with Crippen LogP contribution in [0, 0.1) is 0 Å². The number of hydrogen-bond donors (Lipinski definition) is 1. The van der Waals surface area contributed by atoms with E-state index < -0.39 is 5.97 Å². The predicted octanol–water partition coefficient (Wildman–Crippen LogP) is 2.48. The van der Waals surface area contributed by atoms with E-state index in [1.165, 1.54) is 19.3 Å². The van der Waals surface area contributed by atoms with Crippen molar-refractivity contribution in [1.29, 1.82) is 0 Å². The summed E-state index contributed by atoms with van der Waals surface area (Å²) in [6.45, 7) is 8.47. The Morgan fingerprint density at radius 1 is 0.472 bits per heavy atom. The lowest BCUT2D eigenvalue weighted by atomic mass is 10.1. The van der Waals surface area contributed by atoms with Gasteiger partial charge in [-0.2, -0.15) is 0 Å². The normalized spacial score (nSPS) is 11.1. The predicted molar refractivity (Wildman–Crippen MR) is 132 cm³/mol. The second-order valence-electron chi connectivity index (χ2n) is 7.82. The van der Waals surface area contributed by atoms with E-state index in [1.807, 2.05) is 0 Å². The Hall–Kier alpha value is -1.34. The molecule has 0 aliphatic rings. The molecule has 0 aliphatic heterocycles. The number of carbonyl (C=O) groups excluding carboxylic acids is 1. The van der Waals surface area contributed by atoms with Gasteiger partial charge in [0.2, 0.25) is 0 Å². The molecule has 0 saturated heterocycles. The zero-order valence-electron chi connectivity index (χ0n) is 22.1. The van der Waals surface area contributed by atoms with E-state index in [2.05, 4.69) is 6.92 Å². The van der Waals surface area contributed by atoms with E-state index in [9.17, 15) is 9.59 Å². The van der Waals surface area contributed by atoms with Crippen molar-refractivity contribution < 1.29 is 52.6 Å². The topological polar surface area (TPSA) is 128 Å². The highest BCUT2D eigenvalue weighted by molar-refractivity contribution is 5.69. The molecule has 11 nitrogen and oxygen atoms in total. The van der Waals surface area contributed by atoms with E-state index in [0.29, 0.717) is 92.3 Å². The van der Waals surface area contributed by atoms with Crippen molar-refractivity contribution in [3.05, 3.63) is 0 Å². The standard InChI is InChI=1S/C25H48O11/c1-2-3-4-5-6-7-25(28)36-23-22-35-21-20-34-19-18-33-17-16-32-15-14-31-13-12-30-11-10-29-9-8-24(26)27/h2-23H2,1H3,(H,26,27). The molecule has 0 atom stereocenters. The van der Waals surface area contributed by atoms with Gasteiger partial charge in [0, 0.05) is 6.42 Å². The van der Waals surface area contributed by atoms with E-state index >= 15 is 0 Å². The molecule has 0 unspecified atom stereocenters. The fourth-order valence-electron chi connectivity index (χ4n) is 2.74. The first kappa shape index (κ1) is 34.7. The minimum absolute atomic E-state index is 0.00110. The molecule has 0 aromatic carbocycles. The minimum Gasteiger partial charge on any atom is -0.481 e. The lowest BCUT2D eigenvalue weighted by molar-refractivity contribution is -0.145. The third kappa shape index (κ3) is 30.7. The third-order valence-corrected chi connectivity index (χ3v) is 4.67. The van der Waals surface area contributed by atoms with Crippen molar-refractivity contribution in [2.24, 2.45) is 0 Å². The number of rotatable bonds is 30. The van der Waals surface area contributed by atoms with Crippen molar-refractivity contribution in [1.82, 2.24) is 0 Å². The van der Waals surface area contributed by atoms with Crippen LogP contribution in [0.5, 0.6) is 0 Å². The van der Waals surface area contributed by atoms with Crippen molar-refractivity contribution in [3.63, 3.8) is 0 Å². The minimum atomic E-state index is -0.874. The Morgan fingerprint density at radius 2 is 0.833 bits per heavy atom. The Labute approximate surface area is 216 Å². The number of carbonyl (C=O) groups is 2. The van der Waals surface area contributed by atoms with Crippen molar-refractivity contribution in [2.75, 3.05) is 99.1 Å². The zero-order valence-corrected chi connectivity index (χ0v) is 22.1. The fraction of sp³-hybridized carbons (Fsp3) is 0.920. The average molecular weight is 525 g/mol. The summed E-state index contributed by atoms with van der Waals surface area (Å²) in [5.41, 5.74) is 0. The molecule has 0 saturated carbocycles. The summed E-state index contributed by atoms with van der Waals surface area (Å²) >= 11 is 0. The number of ether oxygens (including phenoxy) is 8. The van der Waals surface area contributed by atoms with Gasteiger partial charge < -0.3 is 43.0 Å². The fourth-order valence-corrected chi connectivity index (χ4v) is 2.74. The molecule has 0 aliphatic carbocycles. The summed E-state index contributed by atoms with van der Waals surface area (Å²) in [6, 6.07) is 0. The van der Waals surface area contributed by atoms with Gasteiger partial charge in [0.05, 0.1) is 98.9 Å². The summed E-state index contributed by atoms with van der Waals surface area (Å²) in [4.78, 5) is 21.9. The highest BCUT2D eigenvalue weighted by atomic mass is 16.6. The maximum absolute atomic E-state index is 11.6. The van der Waals surface area contributed by atoms with Gasteiger partial charge in [-0.1, -0.05) is 32.6 Å². The van der Waals surface area contributed by atoms with Crippen LogP contribution in [0.1, 0.15) is 51.9 Å². The van der Waals surface area contributed by atoms with Crippen LogP contribution in [0.15, 0.2) is 0 Å². The average Bonchev–Trinajstić information content (AvgIpc) is 2.86. The van der Waals surface area contributed by atoms with Gasteiger partial charge in [-0.05, 0) is 6.42 Å². The highest BCUT2D eigenvalue weighted by Gasteiger charge is 2.02. The molecule has 0 aromatic heterocycles. The number of aliphatic carboxylic acids is 1. The molecule has 0 rings (SSSR count). The molecule has 36 heavy (non-hydrogen) atoms. The SMILES string of the molecule is CCCCCCCC(=O)OCCOCCOCCOCCOCCOCCOCCOCCC(=O)O. The number of esters is 1. The molecule has 0 bridgehead atoms. The van der Waals surface area contributed by atoms with Crippen LogP contribution in [0.4, 0.5) is 0 Å². The van der Waals surface area contributed by atoms with Crippen LogP contribution < -0.4 is 0 Å². The molecular weight excluding hydrogens is 476 g/mol. The van der Waals surface area contributed by atoms with Crippen LogP contribution >= 0.6 is 0 Å². The van der Waals surface area contributed by atoms with Gasteiger partial charge >= 0.3 is 11.9 Å². The first-order chi connectivity index (χ1) is 17.7. The molecule has 11 heteroatoms. The molecule has 0 heterocycles. The molecular formula is C25H48O11. The number of unbranched alkanes of at least 4 members (excludes halogenated alkanes) is 4. The lowest BCUT2D eigenvalue weighted by Crippen LogP contribution is -2.15. The monoisotopic (exact) mass is 524 g/mol. The summed E-state index contributed by atoms with van der Waals surface area (Å²) in [5.74, 6) is -1.03. The zero-order chi connectivity index (χ0) is 26.4. The van der Waals surface area contributed by atoms with Crippen LogP contribution in [0.3, 0.4) is 0 Å². The molecule has 0 amide bonds. The number of carboxylic acids is 1. The first-order valence-corrected chi connectivity index (χ1v) is 13.1. The Morgan fingerprint density at radius 3 is 1.22 bits per heavy atom. The van der Waals surface area contributed by atoms with Crippen LogP contribution in [0.25, 0.3) is 0 Å². The van der Waals surface area contributed by atoms with Crippen molar-refractivity contribution in [3.8, 4) is 0 Å². The number of hydrogen-bond acceptors (Lipinski definition) is 10. The van der Waals surface area contributed by atoms with Crippen LogP contribution in [-0.2, 0) is 47.5 Å². The molecule has 0 spiro atoms.